The van der Waals surface area contributed by atoms with Crippen LogP contribution in [0.25, 0.3) is 0 Å². The number of carbonyl (C=O) groups excluding carboxylic acids is 3. The van der Waals surface area contributed by atoms with Gasteiger partial charge in [-0.15, -0.1) is 0 Å². The Balaban J connectivity index is 2.58. The Morgan fingerprint density at radius 1 is 1.00 bits per heavy atom. The van der Waals surface area contributed by atoms with E-state index in [1.807, 2.05) is 13.0 Å². The summed E-state index contributed by atoms with van der Waals surface area (Å²) in [5, 5.41) is 0. The van der Waals surface area contributed by atoms with Crippen LogP contribution in [-0.2, 0) is 19.1 Å². The van der Waals surface area contributed by atoms with E-state index in [0.717, 1.165) is 42.4 Å². The third-order valence-electron chi connectivity index (χ3n) is 5.95. The van der Waals surface area contributed by atoms with Crippen LogP contribution in [0, 0.1) is 12.8 Å². The maximum atomic E-state index is 11.9. The van der Waals surface area contributed by atoms with Crippen LogP contribution >= 0.6 is 0 Å². The summed E-state index contributed by atoms with van der Waals surface area (Å²) in [4.78, 5) is 35.2. The van der Waals surface area contributed by atoms with Crippen LogP contribution < -0.4 is 9.47 Å². The molecule has 0 N–H and O–H groups in total. The quantitative estimate of drug-likeness (QED) is 0.288. The number of ether oxygens (including phenoxy) is 3. The first kappa shape index (κ1) is 25.6. The summed E-state index contributed by atoms with van der Waals surface area (Å²) in [6.45, 7) is 12.6. The van der Waals surface area contributed by atoms with E-state index in [9.17, 15) is 14.4 Å². The maximum absolute atomic E-state index is 11.9. The van der Waals surface area contributed by atoms with Crippen LogP contribution in [0.4, 0.5) is 0 Å². The highest BCUT2D eigenvalue weighted by atomic mass is 16.6. The second-order valence-corrected chi connectivity index (χ2v) is 9.05. The van der Waals surface area contributed by atoms with Crippen molar-refractivity contribution in [2.75, 3.05) is 6.61 Å². The molecule has 32 heavy (non-hydrogen) atoms. The zero-order valence-electron chi connectivity index (χ0n) is 20.4. The highest BCUT2D eigenvalue weighted by Gasteiger charge is 2.36. The SMILES string of the molecule is CC(=O)OCC(CCC=C(C)C)[C@@H]1CC[C@@H](C)c2c1cc(C)c(OC(C)=O)c2OC(C)=O. The zero-order valence-corrected chi connectivity index (χ0v) is 20.4. The van der Waals surface area contributed by atoms with Gasteiger partial charge in [0.15, 0.2) is 11.5 Å². The predicted octanol–water partition coefficient (Wildman–Crippen LogP) is 5.75. The summed E-state index contributed by atoms with van der Waals surface area (Å²) in [6, 6.07) is 2.04. The first-order valence-corrected chi connectivity index (χ1v) is 11.3. The molecule has 0 amide bonds. The first-order valence-electron chi connectivity index (χ1n) is 11.3. The van der Waals surface area contributed by atoms with Crippen LogP contribution in [0.5, 0.6) is 11.5 Å². The molecule has 0 fully saturated rings. The summed E-state index contributed by atoms with van der Waals surface area (Å²) < 4.78 is 16.5. The third-order valence-corrected chi connectivity index (χ3v) is 5.95. The third kappa shape index (κ3) is 6.68. The van der Waals surface area contributed by atoms with E-state index in [-0.39, 0.29) is 23.7 Å². The molecule has 6 nitrogen and oxygen atoms in total. The lowest BCUT2D eigenvalue weighted by molar-refractivity contribution is -0.142. The van der Waals surface area contributed by atoms with E-state index in [1.165, 1.54) is 26.3 Å². The molecule has 1 aliphatic carbocycles. The largest absolute Gasteiger partial charge is 0.466 e. The molecule has 3 atom stereocenters. The average Bonchev–Trinajstić information content (AvgIpc) is 2.66. The lowest BCUT2D eigenvalue weighted by atomic mass is 9.70. The summed E-state index contributed by atoms with van der Waals surface area (Å²) in [6.07, 6.45) is 5.82. The van der Waals surface area contributed by atoms with Gasteiger partial charge in [0.05, 0.1) is 6.61 Å². The van der Waals surface area contributed by atoms with Crippen molar-refractivity contribution < 1.29 is 28.6 Å². The van der Waals surface area contributed by atoms with Crippen LogP contribution in [-0.4, -0.2) is 24.5 Å². The van der Waals surface area contributed by atoms with Gasteiger partial charge in [-0.05, 0) is 69.4 Å². The molecule has 6 heteroatoms. The summed E-state index contributed by atoms with van der Waals surface area (Å²) >= 11 is 0. The van der Waals surface area contributed by atoms with Crippen molar-refractivity contribution in [2.45, 2.75) is 86.0 Å². The van der Waals surface area contributed by atoms with Crippen molar-refractivity contribution in [2.24, 2.45) is 5.92 Å². The molecular formula is C26H36O6. The van der Waals surface area contributed by atoms with Crippen molar-refractivity contribution in [1.82, 2.24) is 0 Å². The Morgan fingerprint density at radius 2 is 1.62 bits per heavy atom. The summed E-state index contributed by atoms with van der Waals surface area (Å²) in [5.74, 6) is -0.149. The van der Waals surface area contributed by atoms with Gasteiger partial charge in [-0.1, -0.05) is 24.6 Å². The monoisotopic (exact) mass is 444 g/mol. The summed E-state index contributed by atoms with van der Waals surface area (Å²) in [5.41, 5.74) is 3.99. The van der Waals surface area contributed by atoms with Gasteiger partial charge in [0.1, 0.15) is 0 Å². The number of carbonyl (C=O) groups is 3. The van der Waals surface area contributed by atoms with Crippen LogP contribution in [0.1, 0.15) is 95.8 Å². The van der Waals surface area contributed by atoms with E-state index >= 15 is 0 Å². The fraction of sp³-hybridized carbons (Fsp3) is 0.577. The van der Waals surface area contributed by atoms with E-state index in [4.69, 9.17) is 14.2 Å². The van der Waals surface area contributed by atoms with Gasteiger partial charge in [0.25, 0.3) is 0 Å². The number of benzene rings is 1. The Labute approximate surface area is 191 Å². The topological polar surface area (TPSA) is 78.9 Å². The molecule has 1 aliphatic rings. The average molecular weight is 445 g/mol. The molecular weight excluding hydrogens is 408 g/mol. The van der Waals surface area contributed by atoms with Crippen molar-refractivity contribution in [1.29, 1.82) is 0 Å². The molecule has 1 aromatic rings. The minimum atomic E-state index is -0.462. The van der Waals surface area contributed by atoms with Crippen molar-refractivity contribution in [3.63, 3.8) is 0 Å². The van der Waals surface area contributed by atoms with Gasteiger partial charge in [-0.3, -0.25) is 14.4 Å². The number of rotatable bonds is 8. The highest BCUT2D eigenvalue weighted by molar-refractivity contribution is 5.76. The van der Waals surface area contributed by atoms with E-state index in [1.54, 1.807) is 0 Å². The minimum Gasteiger partial charge on any atom is -0.466 e. The molecule has 1 unspecified atom stereocenters. The van der Waals surface area contributed by atoms with Gasteiger partial charge < -0.3 is 14.2 Å². The molecule has 0 radical (unpaired) electrons. The normalized spacial score (nSPS) is 18.2. The Hall–Kier alpha value is -2.63. The van der Waals surface area contributed by atoms with E-state index < -0.39 is 11.9 Å². The number of hydrogen-bond donors (Lipinski definition) is 0. The van der Waals surface area contributed by atoms with Crippen LogP contribution in [0.15, 0.2) is 17.7 Å². The maximum Gasteiger partial charge on any atom is 0.308 e. The molecule has 0 heterocycles. The zero-order chi connectivity index (χ0) is 24.0. The standard InChI is InChI=1S/C26H36O6/c1-15(2)9-8-10-21(14-30-18(5)27)22-12-11-16(3)24-23(22)13-17(4)25(31-19(6)28)26(24)32-20(7)29/h9,13,16,21-22H,8,10-12,14H2,1-7H3/t16-,21?,22+/m1/s1. The predicted molar refractivity (Wildman–Crippen MR) is 123 cm³/mol. The van der Waals surface area contributed by atoms with Gasteiger partial charge in [-0.25, -0.2) is 0 Å². The fourth-order valence-electron chi connectivity index (χ4n) is 4.57. The van der Waals surface area contributed by atoms with Crippen LogP contribution in [0.2, 0.25) is 0 Å². The molecule has 176 valence electrons. The molecule has 2 rings (SSSR count). The Kier molecular flexibility index (Phi) is 9.05. The smallest absolute Gasteiger partial charge is 0.308 e. The second-order valence-electron chi connectivity index (χ2n) is 9.05. The number of hydrogen-bond acceptors (Lipinski definition) is 6. The van der Waals surface area contributed by atoms with Crippen molar-refractivity contribution in [3.8, 4) is 11.5 Å². The van der Waals surface area contributed by atoms with Crippen LogP contribution in [0.3, 0.4) is 0 Å². The van der Waals surface area contributed by atoms with E-state index in [0.29, 0.717) is 18.1 Å². The Bertz CT molecular complexity index is 894. The summed E-state index contributed by atoms with van der Waals surface area (Å²) in [7, 11) is 0. The molecule has 0 bridgehead atoms. The van der Waals surface area contributed by atoms with E-state index in [2.05, 4.69) is 26.8 Å². The Morgan fingerprint density at radius 3 is 2.19 bits per heavy atom. The fourth-order valence-corrected chi connectivity index (χ4v) is 4.57. The number of esters is 3. The molecule has 0 saturated carbocycles. The van der Waals surface area contributed by atoms with Crippen molar-refractivity contribution in [3.05, 3.63) is 34.4 Å². The number of fused-ring (bicyclic) bond motifs is 1. The van der Waals surface area contributed by atoms with Gasteiger partial charge in [-0.2, -0.15) is 0 Å². The number of allylic oxidation sites excluding steroid dienone is 2. The number of aryl methyl sites for hydroxylation is 1. The van der Waals surface area contributed by atoms with Crippen molar-refractivity contribution >= 4 is 17.9 Å². The highest BCUT2D eigenvalue weighted by Crippen LogP contribution is 2.51. The molecule has 0 spiro atoms. The molecule has 0 aromatic heterocycles. The minimum absolute atomic E-state index is 0.130. The molecule has 0 saturated heterocycles. The molecule has 1 aromatic carbocycles. The molecule has 0 aliphatic heterocycles. The van der Waals surface area contributed by atoms with Gasteiger partial charge in [0.2, 0.25) is 0 Å². The van der Waals surface area contributed by atoms with Gasteiger partial charge in [0, 0.05) is 32.3 Å². The second kappa shape index (κ2) is 11.3. The lowest BCUT2D eigenvalue weighted by Gasteiger charge is -2.36. The first-order chi connectivity index (χ1) is 15.0. The van der Waals surface area contributed by atoms with Gasteiger partial charge >= 0.3 is 17.9 Å². The lowest BCUT2D eigenvalue weighted by Crippen LogP contribution is -2.26.